The van der Waals surface area contributed by atoms with E-state index in [-0.39, 0.29) is 32.7 Å². The molecule has 0 aliphatic carbocycles. The zero-order valence-corrected chi connectivity index (χ0v) is 20.1. The molecule has 12 nitrogen and oxygen atoms in total. The summed E-state index contributed by atoms with van der Waals surface area (Å²) in [6, 6.07) is 15.8. The maximum absolute atomic E-state index is 12.8. The molecular formula is C23H26N3O9P. The van der Waals surface area contributed by atoms with Gasteiger partial charge in [0.2, 0.25) is 0 Å². The Kier molecular flexibility index (Phi) is 10.2. The first-order valence-corrected chi connectivity index (χ1v) is 12.5. The summed E-state index contributed by atoms with van der Waals surface area (Å²) >= 11 is 0. The molecule has 2 N–H and O–H groups in total. The highest BCUT2D eigenvalue weighted by Crippen LogP contribution is 2.50. The summed E-state index contributed by atoms with van der Waals surface area (Å²) in [7, 11) is -4.18. The Balaban J connectivity index is 1.62. The molecule has 13 heteroatoms. The summed E-state index contributed by atoms with van der Waals surface area (Å²) in [5, 5.41) is 38.2. The summed E-state index contributed by atoms with van der Waals surface area (Å²) in [4.78, 5) is 12.6. The van der Waals surface area contributed by atoms with Gasteiger partial charge in [0.25, 0.3) is 5.56 Å². The van der Waals surface area contributed by atoms with Crippen molar-refractivity contribution in [3.8, 4) is 17.9 Å². The lowest BCUT2D eigenvalue weighted by atomic mass is 10.1. The van der Waals surface area contributed by atoms with Crippen molar-refractivity contribution in [2.75, 3.05) is 19.8 Å². The summed E-state index contributed by atoms with van der Waals surface area (Å²) in [6.45, 7) is -0.739. The fourth-order valence-corrected chi connectivity index (χ4v) is 4.47. The highest BCUT2D eigenvalue weighted by Gasteiger charge is 2.45. The van der Waals surface area contributed by atoms with Crippen LogP contribution in [0.15, 0.2) is 53.5 Å². The second-order valence-electron chi connectivity index (χ2n) is 7.65. The number of benzene rings is 1. The number of ether oxygens (including phenoxy) is 2. The normalized spacial score (nSPS) is 21.6. The molecule has 3 rings (SSSR count). The predicted octanol–water partition coefficient (Wildman–Crippen LogP) is 2.03. The van der Waals surface area contributed by atoms with E-state index in [9.17, 15) is 19.6 Å². The lowest BCUT2D eigenvalue weighted by Crippen LogP contribution is -2.35. The number of pyridine rings is 1. The first-order chi connectivity index (χ1) is 17.4. The monoisotopic (exact) mass is 519 g/mol. The molecule has 0 saturated carbocycles. The largest absolute Gasteiger partial charge is 0.489 e. The van der Waals surface area contributed by atoms with Crippen LogP contribution in [0.3, 0.4) is 0 Å². The Morgan fingerprint density at radius 1 is 1.00 bits per heavy atom. The minimum Gasteiger partial charge on any atom is -0.489 e. The fourth-order valence-electron chi connectivity index (χ4n) is 3.29. The number of aliphatic hydroxyl groups excluding tert-OH is 2. The molecule has 1 aromatic carbocycles. The minimum absolute atomic E-state index is 0.0771. The van der Waals surface area contributed by atoms with E-state index in [2.05, 4.69) is 0 Å². The van der Waals surface area contributed by atoms with Gasteiger partial charge in [-0.25, -0.2) is 4.57 Å². The van der Waals surface area contributed by atoms with Crippen LogP contribution >= 0.6 is 7.82 Å². The molecule has 0 radical (unpaired) electrons. The molecule has 1 aromatic heterocycles. The molecule has 0 bridgehead atoms. The van der Waals surface area contributed by atoms with Gasteiger partial charge in [0.15, 0.2) is 6.23 Å². The topological polar surface area (TPSA) is 173 Å². The Bertz CT molecular complexity index is 1150. The van der Waals surface area contributed by atoms with Gasteiger partial charge in [-0.05, 0) is 11.6 Å². The molecule has 1 fully saturated rings. The molecule has 1 aliphatic rings. The molecule has 0 unspecified atom stereocenters. The number of rotatable bonds is 13. The van der Waals surface area contributed by atoms with Gasteiger partial charge < -0.3 is 19.7 Å². The van der Waals surface area contributed by atoms with E-state index in [4.69, 9.17) is 33.6 Å². The molecule has 0 spiro atoms. The van der Waals surface area contributed by atoms with Crippen LogP contribution in [0.5, 0.6) is 5.75 Å². The lowest BCUT2D eigenvalue weighted by molar-refractivity contribution is -0.0557. The van der Waals surface area contributed by atoms with Gasteiger partial charge in [-0.1, -0.05) is 30.3 Å². The zero-order valence-electron chi connectivity index (χ0n) is 19.2. The molecule has 192 valence electrons. The summed E-state index contributed by atoms with van der Waals surface area (Å²) in [6.07, 6.45) is -4.19. The van der Waals surface area contributed by atoms with Crippen LogP contribution in [0, 0.1) is 22.7 Å². The van der Waals surface area contributed by atoms with E-state index < -0.39 is 44.5 Å². The smallest absolute Gasteiger partial charge is 0.474 e. The van der Waals surface area contributed by atoms with Gasteiger partial charge in [-0.2, -0.15) is 10.5 Å². The summed E-state index contributed by atoms with van der Waals surface area (Å²) in [5.41, 5.74) is 0.386. The van der Waals surface area contributed by atoms with Crippen molar-refractivity contribution in [1.29, 1.82) is 10.5 Å². The van der Waals surface area contributed by atoms with Crippen LogP contribution in [0.4, 0.5) is 0 Å². The van der Waals surface area contributed by atoms with Crippen molar-refractivity contribution < 1.29 is 37.8 Å². The van der Waals surface area contributed by atoms with Crippen molar-refractivity contribution in [3.63, 3.8) is 0 Å². The van der Waals surface area contributed by atoms with E-state index in [1.807, 2.05) is 42.5 Å². The quantitative estimate of drug-likeness (QED) is 0.293. The maximum Gasteiger partial charge on any atom is 0.474 e. The lowest BCUT2D eigenvalue weighted by Gasteiger charge is -2.20. The average molecular weight is 519 g/mol. The maximum atomic E-state index is 12.8. The minimum atomic E-state index is -4.18. The van der Waals surface area contributed by atoms with E-state index in [1.165, 1.54) is 18.3 Å². The molecular weight excluding hydrogens is 493 g/mol. The molecule has 2 heterocycles. The summed E-state index contributed by atoms with van der Waals surface area (Å²) in [5.74, 6) is 0.318. The zero-order chi connectivity index (χ0) is 26.0. The van der Waals surface area contributed by atoms with Crippen LogP contribution in [-0.4, -0.2) is 52.9 Å². The highest BCUT2D eigenvalue weighted by molar-refractivity contribution is 7.48. The molecule has 2 aromatic rings. The van der Waals surface area contributed by atoms with Crippen molar-refractivity contribution >= 4 is 7.82 Å². The first-order valence-electron chi connectivity index (χ1n) is 11.0. The van der Waals surface area contributed by atoms with Crippen LogP contribution in [0.2, 0.25) is 0 Å². The number of phosphoric ester groups is 1. The molecule has 36 heavy (non-hydrogen) atoms. The summed E-state index contributed by atoms with van der Waals surface area (Å²) < 4.78 is 40.4. The molecule has 1 saturated heterocycles. The fraction of sp³-hybridized carbons (Fsp3) is 0.435. The number of aliphatic hydroxyl groups is 2. The number of aromatic nitrogens is 1. The second kappa shape index (κ2) is 13.3. The number of phosphoric acid groups is 1. The van der Waals surface area contributed by atoms with Crippen molar-refractivity contribution in [3.05, 3.63) is 64.6 Å². The molecule has 0 amide bonds. The Hall–Kier alpha value is -3.06. The van der Waals surface area contributed by atoms with Gasteiger partial charge in [0, 0.05) is 12.3 Å². The standard InChI is InChI=1S/C23H26N3O9P/c24-9-4-12-32-36(30,33-13-5-10-25)34-16-19-21(28)22(29)23(35-19)26-11-8-18(14-20(26)27)31-15-17-6-2-1-3-7-17/h1-3,6-8,11,14,19,21-23,28-29H,4-5,12-13,15-16H2/t19-,21-,22-,23-/m1/s1. The predicted molar refractivity (Wildman–Crippen MR) is 123 cm³/mol. The third-order valence-electron chi connectivity index (χ3n) is 5.10. The number of nitrogens with zero attached hydrogens (tertiary/aromatic N) is 3. The van der Waals surface area contributed by atoms with Crippen molar-refractivity contribution in [1.82, 2.24) is 4.57 Å². The molecule has 1 aliphatic heterocycles. The third-order valence-corrected chi connectivity index (χ3v) is 6.57. The van der Waals surface area contributed by atoms with Gasteiger partial charge >= 0.3 is 7.82 Å². The van der Waals surface area contributed by atoms with Crippen LogP contribution in [0.25, 0.3) is 0 Å². The van der Waals surface area contributed by atoms with Gasteiger partial charge in [-0.15, -0.1) is 0 Å². The van der Waals surface area contributed by atoms with Crippen molar-refractivity contribution in [2.24, 2.45) is 0 Å². The van der Waals surface area contributed by atoms with Gasteiger partial charge in [0.1, 0.15) is 30.7 Å². The Morgan fingerprint density at radius 2 is 1.67 bits per heavy atom. The van der Waals surface area contributed by atoms with Crippen LogP contribution < -0.4 is 10.3 Å². The Labute approximate surface area is 207 Å². The van der Waals surface area contributed by atoms with Crippen LogP contribution in [0.1, 0.15) is 24.6 Å². The number of nitriles is 2. The molecule has 4 atom stereocenters. The van der Waals surface area contributed by atoms with Gasteiger partial charge in [0.05, 0.1) is 44.8 Å². The number of hydrogen-bond acceptors (Lipinski definition) is 11. The first kappa shape index (κ1) is 27.5. The SMILES string of the molecule is N#CCCOP(=O)(OCCC#N)OC[C@H]1O[C@@H](n2ccc(OCc3ccccc3)cc2=O)[C@H](O)[C@@H]1O. The number of hydrogen-bond donors (Lipinski definition) is 2. The van der Waals surface area contributed by atoms with E-state index in [0.29, 0.717) is 5.75 Å². The Morgan fingerprint density at radius 3 is 2.28 bits per heavy atom. The van der Waals surface area contributed by atoms with Crippen molar-refractivity contribution in [2.45, 2.75) is 44.0 Å². The highest BCUT2D eigenvalue weighted by atomic mass is 31.2. The average Bonchev–Trinajstić information content (AvgIpc) is 3.16. The van der Waals surface area contributed by atoms with E-state index in [0.717, 1.165) is 10.1 Å². The van der Waals surface area contributed by atoms with Crippen LogP contribution in [-0.2, 0) is 29.5 Å². The third kappa shape index (κ3) is 7.47. The van der Waals surface area contributed by atoms with E-state index in [1.54, 1.807) is 0 Å². The van der Waals surface area contributed by atoms with Gasteiger partial charge in [-0.3, -0.25) is 22.9 Å². The second-order valence-corrected chi connectivity index (χ2v) is 9.32. The van der Waals surface area contributed by atoms with E-state index >= 15 is 0 Å².